The summed E-state index contributed by atoms with van der Waals surface area (Å²) in [7, 11) is 0. The number of epoxide rings is 1. The lowest BCUT2D eigenvalue weighted by atomic mass is 9.98. The van der Waals surface area contributed by atoms with E-state index in [1.165, 1.54) is 0 Å². The van der Waals surface area contributed by atoms with Crippen LogP contribution in [0.15, 0.2) is 30.3 Å². The zero-order valence-corrected chi connectivity index (χ0v) is 8.93. The van der Waals surface area contributed by atoms with Crippen LogP contribution in [0, 0.1) is 0 Å². The van der Waals surface area contributed by atoms with E-state index in [2.05, 4.69) is 0 Å². The highest BCUT2D eigenvalue weighted by Gasteiger charge is 2.60. The van der Waals surface area contributed by atoms with Crippen LogP contribution in [0.2, 0.25) is 0 Å². The lowest BCUT2D eigenvalue weighted by Crippen LogP contribution is -2.36. The molecule has 1 unspecified atom stereocenters. The van der Waals surface area contributed by atoms with Gasteiger partial charge in [-0.1, -0.05) is 30.3 Å². The van der Waals surface area contributed by atoms with E-state index in [0.717, 1.165) is 0 Å². The Hall–Kier alpha value is -1.68. The molecule has 0 amide bonds. The first kappa shape index (κ1) is 10.8. The molecule has 0 spiro atoms. The molecule has 4 heteroatoms. The summed E-state index contributed by atoms with van der Waals surface area (Å²) in [6, 6.07) is 8.61. The summed E-state index contributed by atoms with van der Waals surface area (Å²) in [5, 5.41) is 0. The van der Waals surface area contributed by atoms with Crippen LogP contribution in [0.1, 0.15) is 17.3 Å². The molecule has 0 saturated carbocycles. The van der Waals surface area contributed by atoms with Crippen molar-refractivity contribution in [2.75, 3.05) is 13.2 Å². The predicted octanol–water partition coefficient (Wildman–Crippen LogP) is 1.20. The second kappa shape index (κ2) is 4.06. The molecule has 1 atom stereocenters. The Balaban J connectivity index is 2.20. The van der Waals surface area contributed by atoms with Crippen molar-refractivity contribution in [3.8, 4) is 0 Å². The average Bonchev–Trinajstić information content (AvgIpc) is 3.11. The van der Waals surface area contributed by atoms with Crippen molar-refractivity contribution in [3.63, 3.8) is 0 Å². The molecule has 1 saturated heterocycles. The molecule has 1 aliphatic rings. The normalized spacial score (nSPS) is 22.6. The van der Waals surface area contributed by atoms with Gasteiger partial charge < -0.3 is 9.47 Å². The number of carbonyl (C=O) groups is 2. The van der Waals surface area contributed by atoms with Gasteiger partial charge in [0, 0.05) is 5.56 Å². The van der Waals surface area contributed by atoms with E-state index in [1.54, 1.807) is 31.2 Å². The van der Waals surface area contributed by atoms with Crippen LogP contribution in [0.3, 0.4) is 0 Å². The lowest BCUT2D eigenvalue weighted by Gasteiger charge is -2.09. The molecule has 84 valence electrons. The summed E-state index contributed by atoms with van der Waals surface area (Å²) in [6.45, 7) is 2.05. The van der Waals surface area contributed by atoms with Gasteiger partial charge in [-0.2, -0.15) is 0 Å². The number of hydrogen-bond acceptors (Lipinski definition) is 4. The Labute approximate surface area is 93.2 Å². The van der Waals surface area contributed by atoms with Crippen molar-refractivity contribution >= 4 is 11.8 Å². The molecule has 0 aromatic heterocycles. The fourth-order valence-corrected chi connectivity index (χ4v) is 1.48. The highest BCUT2D eigenvalue weighted by molar-refractivity contribution is 6.17. The number of benzene rings is 1. The summed E-state index contributed by atoms with van der Waals surface area (Å²) in [4.78, 5) is 23.6. The van der Waals surface area contributed by atoms with Gasteiger partial charge in [-0.15, -0.1) is 0 Å². The SMILES string of the molecule is CCOC(=O)C1(C(=O)c2ccccc2)CO1. The standard InChI is InChI=1S/C12H12O4/c1-2-15-11(14)12(8-16-12)10(13)9-6-4-3-5-7-9/h3-7H,2,8H2,1H3. The van der Waals surface area contributed by atoms with Crippen molar-refractivity contribution in [3.05, 3.63) is 35.9 Å². The Morgan fingerprint density at radius 2 is 2.00 bits per heavy atom. The minimum atomic E-state index is -1.38. The molecule has 4 nitrogen and oxygen atoms in total. The van der Waals surface area contributed by atoms with Gasteiger partial charge in [0.05, 0.1) is 13.2 Å². The van der Waals surface area contributed by atoms with Crippen molar-refractivity contribution in [2.24, 2.45) is 0 Å². The molecule has 1 fully saturated rings. The molecule has 2 rings (SSSR count). The number of ketones is 1. The maximum absolute atomic E-state index is 12.0. The number of Topliss-reactive ketones (excluding diaryl/α,β-unsaturated/α-hetero) is 1. The van der Waals surface area contributed by atoms with Gasteiger partial charge in [0.2, 0.25) is 5.78 Å². The predicted molar refractivity (Wildman–Crippen MR) is 56.1 cm³/mol. The third-order valence-corrected chi connectivity index (χ3v) is 2.44. The maximum atomic E-state index is 12.0. The monoisotopic (exact) mass is 220 g/mol. The number of hydrogen-bond donors (Lipinski definition) is 0. The van der Waals surface area contributed by atoms with Gasteiger partial charge >= 0.3 is 5.97 Å². The van der Waals surface area contributed by atoms with Crippen molar-refractivity contribution in [1.29, 1.82) is 0 Å². The summed E-state index contributed by atoms with van der Waals surface area (Å²) >= 11 is 0. The van der Waals surface area contributed by atoms with E-state index < -0.39 is 11.6 Å². The highest BCUT2D eigenvalue weighted by atomic mass is 16.6. The third-order valence-electron chi connectivity index (χ3n) is 2.44. The van der Waals surface area contributed by atoms with Crippen molar-refractivity contribution < 1.29 is 19.1 Å². The fraction of sp³-hybridized carbons (Fsp3) is 0.333. The van der Waals surface area contributed by atoms with Crippen LogP contribution in [0.5, 0.6) is 0 Å². The molecule has 1 heterocycles. The topological polar surface area (TPSA) is 55.9 Å². The number of esters is 1. The first-order chi connectivity index (χ1) is 7.70. The summed E-state index contributed by atoms with van der Waals surface area (Å²) < 4.78 is 9.83. The zero-order chi connectivity index (χ0) is 11.6. The minimum Gasteiger partial charge on any atom is -0.463 e. The Kier molecular flexibility index (Phi) is 2.75. The number of ether oxygens (including phenoxy) is 2. The van der Waals surface area contributed by atoms with Crippen molar-refractivity contribution in [2.45, 2.75) is 12.5 Å². The largest absolute Gasteiger partial charge is 0.463 e. The molecule has 0 aliphatic carbocycles. The summed E-state index contributed by atoms with van der Waals surface area (Å²) in [6.07, 6.45) is 0. The first-order valence-electron chi connectivity index (χ1n) is 5.12. The number of carbonyl (C=O) groups excluding carboxylic acids is 2. The highest BCUT2D eigenvalue weighted by Crippen LogP contribution is 2.32. The van der Waals surface area contributed by atoms with Crippen LogP contribution in [0.25, 0.3) is 0 Å². The van der Waals surface area contributed by atoms with Gasteiger partial charge in [0.1, 0.15) is 0 Å². The maximum Gasteiger partial charge on any atom is 0.349 e. The van der Waals surface area contributed by atoms with Gasteiger partial charge in [0.25, 0.3) is 5.60 Å². The second-order valence-corrected chi connectivity index (χ2v) is 3.53. The molecule has 1 aliphatic heterocycles. The average molecular weight is 220 g/mol. The molecule has 1 aromatic carbocycles. The first-order valence-corrected chi connectivity index (χ1v) is 5.12. The van der Waals surface area contributed by atoms with Crippen LogP contribution < -0.4 is 0 Å². The van der Waals surface area contributed by atoms with E-state index in [1.807, 2.05) is 6.07 Å². The van der Waals surface area contributed by atoms with Crippen LogP contribution >= 0.6 is 0 Å². The summed E-state index contributed by atoms with van der Waals surface area (Å²) in [5.41, 5.74) is -0.912. The molecule has 16 heavy (non-hydrogen) atoms. The molecule has 0 radical (unpaired) electrons. The Morgan fingerprint density at radius 3 is 2.50 bits per heavy atom. The van der Waals surface area contributed by atoms with E-state index >= 15 is 0 Å². The quantitative estimate of drug-likeness (QED) is 0.331. The van der Waals surface area contributed by atoms with Crippen LogP contribution in [0.4, 0.5) is 0 Å². The summed E-state index contributed by atoms with van der Waals surface area (Å²) in [5.74, 6) is -0.921. The molecule has 0 N–H and O–H groups in total. The molecule has 0 bridgehead atoms. The van der Waals surface area contributed by atoms with E-state index in [4.69, 9.17) is 9.47 Å². The zero-order valence-electron chi connectivity index (χ0n) is 8.93. The number of rotatable bonds is 4. The Bertz CT molecular complexity index is 406. The Morgan fingerprint density at radius 1 is 1.38 bits per heavy atom. The minimum absolute atomic E-state index is 0.111. The fourth-order valence-electron chi connectivity index (χ4n) is 1.48. The second-order valence-electron chi connectivity index (χ2n) is 3.53. The van der Waals surface area contributed by atoms with Crippen LogP contribution in [-0.4, -0.2) is 30.6 Å². The molecule has 1 aromatic rings. The van der Waals surface area contributed by atoms with Crippen LogP contribution in [-0.2, 0) is 14.3 Å². The van der Waals surface area contributed by atoms with Gasteiger partial charge in [-0.25, -0.2) is 4.79 Å². The smallest absolute Gasteiger partial charge is 0.349 e. The van der Waals surface area contributed by atoms with E-state index in [-0.39, 0.29) is 19.0 Å². The van der Waals surface area contributed by atoms with Gasteiger partial charge in [-0.3, -0.25) is 4.79 Å². The van der Waals surface area contributed by atoms with E-state index in [9.17, 15) is 9.59 Å². The molecular formula is C12H12O4. The van der Waals surface area contributed by atoms with Gasteiger partial charge in [-0.05, 0) is 6.92 Å². The van der Waals surface area contributed by atoms with E-state index in [0.29, 0.717) is 5.56 Å². The lowest BCUT2D eigenvalue weighted by molar-refractivity contribution is -0.147. The molecular weight excluding hydrogens is 208 g/mol. The van der Waals surface area contributed by atoms with Crippen molar-refractivity contribution in [1.82, 2.24) is 0 Å². The van der Waals surface area contributed by atoms with Gasteiger partial charge in [0.15, 0.2) is 0 Å². The third kappa shape index (κ3) is 1.72.